The number of benzene rings is 2. The van der Waals surface area contributed by atoms with Crippen LogP contribution < -0.4 is 19.5 Å². The minimum Gasteiger partial charge on any atom is -0.497 e. The van der Waals surface area contributed by atoms with Gasteiger partial charge in [-0.3, -0.25) is 10.1 Å². The highest BCUT2D eigenvalue weighted by atomic mass is 79.9. The fraction of sp³-hybridized carbons (Fsp3) is 0.136. The Morgan fingerprint density at radius 1 is 1.19 bits per heavy atom. The number of halogens is 1. The molecule has 0 radical (unpaired) electrons. The number of hydrogen-bond donors (Lipinski definition) is 1. The van der Waals surface area contributed by atoms with E-state index in [1.807, 2.05) is 30.3 Å². The van der Waals surface area contributed by atoms with Crippen LogP contribution in [0.2, 0.25) is 0 Å². The molecule has 7 nitrogen and oxygen atoms in total. The molecule has 0 aliphatic carbocycles. The molecular weight excluding hydrogens is 482 g/mol. The molecule has 0 fully saturated rings. The fourth-order valence-electron chi connectivity index (χ4n) is 2.47. The second-order valence-electron chi connectivity index (χ2n) is 6.02. The average molecular weight is 500 g/mol. The van der Waals surface area contributed by atoms with Crippen LogP contribution in [0.15, 0.2) is 64.1 Å². The predicted octanol–water partition coefficient (Wildman–Crippen LogP) is 4.92. The van der Waals surface area contributed by atoms with Crippen LogP contribution in [0.3, 0.4) is 0 Å². The number of hydrogen-bond acceptors (Lipinski definition) is 7. The van der Waals surface area contributed by atoms with Gasteiger partial charge in [0.1, 0.15) is 42.1 Å². The van der Waals surface area contributed by atoms with Gasteiger partial charge < -0.3 is 14.2 Å². The molecule has 0 atom stereocenters. The molecule has 1 amide bonds. The summed E-state index contributed by atoms with van der Waals surface area (Å²) in [6, 6.07) is 14.5. The van der Waals surface area contributed by atoms with E-state index in [2.05, 4.69) is 26.2 Å². The predicted molar refractivity (Wildman–Crippen MR) is 122 cm³/mol. The number of amides is 1. The van der Waals surface area contributed by atoms with Gasteiger partial charge in [-0.15, -0.1) is 11.3 Å². The van der Waals surface area contributed by atoms with Gasteiger partial charge in [-0.2, -0.15) is 5.26 Å². The van der Waals surface area contributed by atoms with Gasteiger partial charge in [0.25, 0.3) is 5.91 Å². The standard InChI is InChI=1S/C22H18BrN3O4S/c1-28-17-3-5-18(6-4-17)29-9-10-30-20-7-2-15(13-19(20)23)12-16(14-24)21(27)26-22-25-8-11-31-22/h2-8,11-13H,9-10H2,1H3,(H,25,26,27)/b16-12-. The van der Waals surface area contributed by atoms with Gasteiger partial charge in [0.05, 0.1) is 11.6 Å². The number of nitrogens with one attached hydrogen (secondary N) is 1. The largest absolute Gasteiger partial charge is 0.497 e. The zero-order valence-electron chi connectivity index (χ0n) is 16.5. The minimum atomic E-state index is -0.510. The lowest BCUT2D eigenvalue weighted by Crippen LogP contribution is -2.13. The number of aromatic nitrogens is 1. The van der Waals surface area contributed by atoms with E-state index in [0.29, 0.717) is 34.1 Å². The molecule has 0 aliphatic rings. The normalized spacial score (nSPS) is 10.8. The summed E-state index contributed by atoms with van der Waals surface area (Å²) in [5, 5.41) is 14.1. The Hall–Kier alpha value is -3.35. The van der Waals surface area contributed by atoms with Gasteiger partial charge in [0, 0.05) is 11.6 Å². The molecule has 1 heterocycles. The fourth-order valence-corrected chi connectivity index (χ4v) is 3.51. The molecule has 0 aliphatic heterocycles. The van der Waals surface area contributed by atoms with Crippen molar-refractivity contribution in [1.82, 2.24) is 4.98 Å². The Balaban J connectivity index is 1.55. The van der Waals surface area contributed by atoms with Crippen molar-refractivity contribution in [2.75, 3.05) is 25.6 Å². The van der Waals surface area contributed by atoms with Gasteiger partial charge >= 0.3 is 0 Å². The minimum absolute atomic E-state index is 0.0244. The summed E-state index contributed by atoms with van der Waals surface area (Å²) in [5.41, 5.74) is 0.656. The molecule has 3 aromatic rings. The number of ether oxygens (including phenoxy) is 3. The van der Waals surface area contributed by atoms with E-state index in [0.717, 1.165) is 11.5 Å². The van der Waals surface area contributed by atoms with E-state index in [1.54, 1.807) is 36.9 Å². The average Bonchev–Trinajstić information content (AvgIpc) is 3.29. The number of nitrogens with zero attached hydrogens (tertiary/aromatic N) is 2. The number of methoxy groups -OCH3 is 1. The van der Waals surface area contributed by atoms with Crippen molar-refractivity contribution < 1.29 is 19.0 Å². The molecule has 0 saturated heterocycles. The van der Waals surface area contributed by atoms with Crippen LogP contribution in [-0.4, -0.2) is 31.2 Å². The molecule has 158 valence electrons. The van der Waals surface area contributed by atoms with Crippen LogP contribution in [-0.2, 0) is 4.79 Å². The molecule has 0 spiro atoms. The van der Waals surface area contributed by atoms with E-state index >= 15 is 0 Å². The number of anilines is 1. The summed E-state index contributed by atoms with van der Waals surface area (Å²) in [4.78, 5) is 16.2. The topological polar surface area (TPSA) is 93.5 Å². The lowest BCUT2D eigenvalue weighted by atomic mass is 10.1. The van der Waals surface area contributed by atoms with Crippen molar-refractivity contribution in [1.29, 1.82) is 5.26 Å². The van der Waals surface area contributed by atoms with E-state index in [-0.39, 0.29) is 5.57 Å². The molecule has 2 aromatic carbocycles. The summed E-state index contributed by atoms with van der Waals surface area (Å²) in [5.74, 6) is 1.61. The highest BCUT2D eigenvalue weighted by molar-refractivity contribution is 9.10. The third kappa shape index (κ3) is 6.57. The van der Waals surface area contributed by atoms with Gasteiger partial charge in [-0.1, -0.05) is 6.07 Å². The number of carbonyl (C=O) groups excluding carboxylic acids is 1. The first-order chi connectivity index (χ1) is 15.1. The maximum absolute atomic E-state index is 12.2. The first-order valence-corrected chi connectivity index (χ1v) is 10.8. The zero-order chi connectivity index (χ0) is 22.1. The molecule has 1 aromatic heterocycles. The number of rotatable bonds is 9. The Labute approximate surface area is 192 Å². The number of thiazole rings is 1. The van der Waals surface area contributed by atoms with Crippen LogP contribution >= 0.6 is 27.3 Å². The Morgan fingerprint density at radius 2 is 1.94 bits per heavy atom. The van der Waals surface area contributed by atoms with E-state index in [1.165, 1.54) is 17.4 Å². The van der Waals surface area contributed by atoms with E-state index in [4.69, 9.17) is 14.2 Å². The summed E-state index contributed by atoms with van der Waals surface area (Å²) >= 11 is 4.74. The van der Waals surface area contributed by atoms with Crippen molar-refractivity contribution in [2.45, 2.75) is 0 Å². The molecule has 0 unspecified atom stereocenters. The van der Waals surface area contributed by atoms with Gasteiger partial charge in [0.15, 0.2) is 5.13 Å². The summed E-state index contributed by atoms with van der Waals surface area (Å²) in [6.45, 7) is 0.718. The van der Waals surface area contributed by atoms with E-state index in [9.17, 15) is 10.1 Å². The van der Waals surface area contributed by atoms with Crippen molar-refractivity contribution >= 4 is 44.4 Å². The van der Waals surface area contributed by atoms with Crippen LogP contribution in [0.4, 0.5) is 5.13 Å². The number of carbonyl (C=O) groups is 1. The smallest absolute Gasteiger partial charge is 0.268 e. The van der Waals surface area contributed by atoms with Crippen LogP contribution in [0.5, 0.6) is 17.2 Å². The Kier molecular flexibility index (Phi) is 8.04. The summed E-state index contributed by atoms with van der Waals surface area (Å²) in [6.07, 6.45) is 3.08. The highest BCUT2D eigenvalue weighted by Gasteiger charge is 2.11. The van der Waals surface area contributed by atoms with Crippen molar-refractivity contribution in [3.63, 3.8) is 0 Å². The third-order valence-electron chi connectivity index (χ3n) is 3.95. The molecule has 3 rings (SSSR count). The molecule has 0 bridgehead atoms. The van der Waals surface area contributed by atoms with Crippen LogP contribution in [0, 0.1) is 11.3 Å². The molecular formula is C22H18BrN3O4S. The quantitative estimate of drug-likeness (QED) is 0.255. The Bertz CT molecular complexity index is 1090. The third-order valence-corrected chi connectivity index (χ3v) is 5.26. The first-order valence-electron chi connectivity index (χ1n) is 9.11. The molecule has 31 heavy (non-hydrogen) atoms. The lowest BCUT2D eigenvalue weighted by Gasteiger charge is -2.10. The maximum atomic E-state index is 12.2. The lowest BCUT2D eigenvalue weighted by molar-refractivity contribution is -0.112. The van der Waals surface area contributed by atoms with Gasteiger partial charge in [-0.05, 0) is 64.0 Å². The SMILES string of the molecule is COc1ccc(OCCOc2ccc(/C=C(/C#N)C(=O)Nc3nccs3)cc2Br)cc1. The molecule has 1 N–H and O–H groups in total. The van der Waals surface area contributed by atoms with Crippen LogP contribution in [0.25, 0.3) is 6.08 Å². The maximum Gasteiger partial charge on any atom is 0.268 e. The van der Waals surface area contributed by atoms with Crippen molar-refractivity contribution in [2.24, 2.45) is 0 Å². The molecule has 0 saturated carbocycles. The monoisotopic (exact) mass is 499 g/mol. The van der Waals surface area contributed by atoms with Gasteiger partial charge in [0.2, 0.25) is 0 Å². The second-order valence-corrected chi connectivity index (χ2v) is 7.77. The van der Waals surface area contributed by atoms with Gasteiger partial charge in [-0.25, -0.2) is 4.98 Å². The number of nitriles is 1. The Morgan fingerprint density at radius 3 is 2.58 bits per heavy atom. The van der Waals surface area contributed by atoms with Crippen LogP contribution in [0.1, 0.15) is 5.56 Å². The van der Waals surface area contributed by atoms with Crippen molar-refractivity contribution in [3.8, 4) is 23.3 Å². The van der Waals surface area contributed by atoms with Crippen molar-refractivity contribution in [3.05, 3.63) is 69.7 Å². The summed E-state index contributed by atoms with van der Waals surface area (Å²) in [7, 11) is 1.61. The summed E-state index contributed by atoms with van der Waals surface area (Å²) < 4.78 is 17.2. The second kappa shape index (κ2) is 11.2. The highest BCUT2D eigenvalue weighted by Crippen LogP contribution is 2.27. The zero-order valence-corrected chi connectivity index (χ0v) is 18.9. The first kappa shape index (κ1) is 22.3. The van der Waals surface area contributed by atoms with E-state index < -0.39 is 5.91 Å². The molecule has 9 heteroatoms.